The quantitative estimate of drug-likeness (QED) is 0.775. The van der Waals surface area contributed by atoms with Crippen LogP contribution in [0.1, 0.15) is 0 Å². The Hall–Kier alpha value is 0.294. The molecule has 12 heavy (non-hydrogen) atoms. The van der Waals surface area contributed by atoms with Gasteiger partial charge in [0.25, 0.3) is 10.1 Å². The predicted molar refractivity (Wildman–Crippen MR) is 36.2 cm³/mol. The van der Waals surface area contributed by atoms with E-state index in [4.69, 9.17) is 4.55 Å². The van der Waals surface area contributed by atoms with Gasteiger partial charge in [-0.1, -0.05) is 12.1 Å². The first kappa shape index (κ1) is 12.3. The Balaban J connectivity index is 0.00000121. The third-order valence-electron chi connectivity index (χ3n) is 1.11. The van der Waals surface area contributed by atoms with Crippen molar-refractivity contribution in [2.75, 3.05) is 0 Å². The molecule has 0 aromatic heterocycles. The monoisotopic (exact) mass is 345 g/mol. The summed E-state index contributed by atoms with van der Waals surface area (Å²) >= 11 is 0. The molecule has 0 saturated heterocycles. The van der Waals surface area contributed by atoms with Crippen molar-refractivity contribution >= 4 is 10.1 Å². The minimum atomic E-state index is -4.41. The van der Waals surface area contributed by atoms with E-state index >= 15 is 0 Å². The molecule has 0 heterocycles. The average Bonchev–Trinajstić information content (AvgIpc) is 1.86. The van der Waals surface area contributed by atoms with Crippen LogP contribution in [-0.4, -0.2) is 13.0 Å². The summed E-state index contributed by atoms with van der Waals surface area (Å²) in [5.74, 6) is -0.949. The van der Waals surface area contributed by atoms with Crippen LogP contribution >= 0.6 is 0 Å². The summed E-state index contributed by atoms with van der Waals surface area (Å²) in [4.78, 5) is -0.694. The van der Waals surface area contributed by atoms with E-state index in [0.717, 1.165) is 12.1 Å². The van der Waals surface area contributed by atoms with Gasteiger partial charge in [-0.2, -0.15) is 8.42 Å². The molecule has 1 N–H and O–H groups in total. The average molecular weight is 345 g/mol. The van der Waals surface area contributed by atoms with E-state index in [0.29, 0.717) is 0 Å². The second kappa shape index (κ2) is 4.51. The molecule has 6 heteroatoms. The second-order valence-corrected chi connectivity index (χ2v) is 3.30. The van der Waals surface area contributed by atoms with Gasteiger partial charge < -0.3 is 0 Å². The van der Waals surface area contributed by atoms with Gasteiger partial charge in [-0.25, -0.2) is 4.39 Å². The molecule has 0 aliphatic heterocycles. The maximum absolute atomic E-state index is 12.5. The van der Waals surface area contributed by atoms with Crippen LogP contribution in [0.3, 0.4) is 0 Å². The third-order valence-corrected chi connectivity index (χ3v) is 2.00. The van der Waals surface area contributed by atoms with Crippen LogP contribution in [0.2, 0.25) is 0 Å². The van der Waals surface area contributed by atoms with Gasteiger partial charge in [0.05, 0.1) is 0 Å². The van der Waals surface area contributed by atoms with Crippen LogP contribution in [0.15, 0.2) is 29.2 Å². The van der Waals surface area contributed by atoms with E-state index in [1.54, 1.807) is 0 Å². The maximum atomic E-state index is 12.5. The van der Waals surface area contributed by atoms with Crippen LogP contribution in [0.5, 0.6) is 0 Å². The van der Waals surface area contributed by atoms with Crippen LogP contribution in [0.25, 0.3) is 0 Å². The van der Waals surface area contributed by atoms with Crippen molar-refractivity contribution in [3.8, 4) is 0 Å². The van der Waals surface area contributed by atoms with Gasteiger partial charge in [0.2, 0.25) is 0 Å². The van der Waals surface area contributed by atoms with Gasteiger partial charge >= 0.3 is 0 Å². The normalized spacial score (nSPS) is 10.5. The van der Waals surface area contributed by atoms with E-state index in [9.17, 15) is 12.8 Å². The molecular formula is C6H5FO3STm. The van der Waals surface area contributed by atoms with E-state index in [-0.39, 0.29) is 36.9 Å². The summed E-state index contributed by atoms with van der Waals surface area (Å²) in [5, 5.41) is 0. The van der Waals surface area contributed by atoms with Crippen molar-refractivity contribution in [2.45, 2.75) is 4.90 Å². The predicted octanol–water partition coefficient (Wildman–Crippen LogP) is 1.07. The largest absolute Gasteiger partial charge is 0.297 e. The molecule has 0 saturated carbocycles. The molecular weight excluding hydrogens is 340 g/mol. The number of rotatable bonds is 1. The zero-order valence-electron chi connectivity index (χ0n) is 5.64. The molecule has 0 atom stereocenters. The first-order chi connectivity index (χ1) is 5.02. The SMILES string of the molecule is O=S(=O)(O)c1ccccc1F.[Tm]. The topological polar surface area (TPSA) is 54.4 Å². The number of halogens is 1. The molecule has 73 valence electrons. The van der Waals surface area contributed by atoms with Crippen molar-refractivity contribution in [1.82, 2.24) is 0 Å². The molecule has 0 aliphatic rings. The first-order valence-corrected chi connectivity index (χ1v) is 4.18. The standard InChI is InChI=1S/C6H5FO3S.Tm/c7-5-3-1-2-4-6(5)11(8,9)10;/h1-4H,(H,8,9,10);. The third kappa shape index (κ3) is 2.97. The van der Waals surface area contributed by atoms with Gasteiger partial charge in [-0.15, -0.1) is 0 Å². The zero-order valence-corrected chi connectivity index (χ0v) is 8.23. The van der Waals surface area contributed by atoms with Gasteiger partial charge in [0.15, 0.2) is 0 Å². The van der Waals surface area contributed by atoms with Crippen LogP contribution in [0, 0.1) is 42.7 Å². The van der Waals surface area contributed by atoms with E-state index < -0.39 is 20.8 Å². The molecule has 0 bridgehead atoms. The second-order valence-electron chi connectivity index (χ2n) is 1.91. The summed E-state index contributed by atoms with van der Waals surface area (Å²) in [6.45, 7) is 0. The van der Waals surface area contributed by atoms with Crippen molar-refractivity contribution in [3.05, 3.63) is 30.1 Å². The Morgan fingerprint density at radius 1 is 1.25 bits per heavy atom. The molecule has 0 aliphatic carbocycles. The van der Waals surface area contributed by atoms with Gasteiger partial charge in [-0.3, -0.25) is 4.55 Å². The van der Waals surface area contributed by atoms with Gasteiger partial charge in [0, 0.05) is 36.9 Å². The Labute approximate surface area is 98.5 Å². The molecule has 1 radical (unpaired) electrons. The van der Waals surface area contributed by atoms with E-state index in [1.165, 1.54) is 12.1 Å². The van der Waals surface area contributed by atoms with Gasteiger partial charge in [0.1, 0.15) is 10.7 Å². The fraction of sp³-hybridized carbons (Fsp3) is 0. The number of benzene rings is 1. The minimum Gasteiger partial charge on any atom is -0.282 e. The smallest absolute Gasteiger partial charge is 0.282 e. The van der Waals surface area contributed by atoms with Crippen LogP contribution < -0.4 is 0 Å². The van der Waals surface area contributed by atoms with Crippen molar-refractivity contribution in [3.63, 3.8) is 0 Å². The molecule has 1 aromatic carbocycles. The maximum Gasteiger partial charge on any atom is 0.297 e. The fourth-order valence-corrected chi connectivity index (χ4v) is 1.22. The fourth-order valence-electron chi connectivity index (χ4n) is 0.654. The molecule has 0 fully saturated rings. The Bertz CT molecular complexity index is 363. The molecule has 0 amide bonds. The number of hydrogen-bond donors (Lipinski definition) is 1. The Morgan fingerprint density at radius 2 is 1.75 bits per heavy atom. The number of hydrogen-bond acceptors (Lipinski definition) is 2. The minimum absolute atomic E-state index is 0. The summed E-state index contributed by atoms with van der Waals surface area (Å²) in [6, 6.07) is 4.62. The van der Waals surface area contributed by atoms with Crippen molar-refractivity contribution < 1.29 is 54.2 Å². The Morgan fingerprint density at radius 3 is 2.08 bits per heavy atom. The molecule has 1 rings (SSSR count). The van der Waals surface area contributed by atoms with Crippen molar-refractivity contribution in [2.24, 2.45) is 0 Å². The Kier molecular flexibility index (Phi) is 4.62. The molecule has 3 nitrogen and oxygen atoms in total. The summed E-state index contributed by atoms with van der Waals surface area (Å²) in [7, 11) is -4.41. The summed E-state index contributed by atoms with van der Waals surface area (Å²) in [5.41, 5.74) is 0. The van der Waals surface area contributed by atoms with Crippen LogP contribution in [-0.2, 0) is 10.1 Å². The summed E-state index contributed by atoms with van der Waals surface area (Å²) in [6.07, 6.45) is 0. The molecule has 0 spiro atoms. The van der Waals surface area contributed by atoms with Gasteiger partial charge in [-0.05, 0) is 12.1 Å². The van der Waals surface area contributed by atoms with Crippen molar-refractivity contribution in [1.29, 1.82) is 0 Å². The zero-order chi connectivity index (χ0) is 8.48. The van der Waals surface area contributed by atoms with Crippen LogP contribution in [0.4, 0.5) is 4.39 Å². The molecule has 0 unspecified atom stereocenters. The molecule has 1 aromatic rings. The van der Waals surface area contributed by atoms with E-state index in [1.807, 2.05) is 0 Å². The summed E-state index contributed by atoms with van der Waals surface area (Å²) < 4.78 is 41.7. The van der Waals surface area contributed by atoms with E-state index in [2.05, 4.69) is 0 Å². The first-order valence-electron chi connectivity index (χ1n) is 2.74.